The van der Waals surface area contributed by atoms with Gasteiger partial charge in [0.2, 0.25) is 5.91 Å². The standard InChI is InChI=1S/C17H17N5O/c1-13-7-9-15(11-16(13)22-12-18-20-21-22)19-17(23)10-8-14-5-3-2-4-6-14/h2-7,9,11-12H,8,10H2,1H3,(H,19,23). The molecule has 3 rings (SSSR count). The lowest BCUT2D eigenvalue weighted by atomic mass is 10.1. The maximum absolute atomic E-state index is 12.1. The molecule has 6 nitrogen and oxygen atoms in total. The average molecular weight is 307 g/mol. The number of hydrogen-bond acceptors (Lipinski definition) is 4. The van der Waals surface area contributed by atoms with Crippen LogP contribution in [0.5, 0.6) is 0 Å². The van der Waals surface area contributed by atoms with Gasteiger partial charge >= 0.3 is 0 Å². The zero-order chi connectivity index (χ0) is 16.1. The monoisotopic (exact) mass is 307 g/mol. The summed E-state index contributed by atoms with van der Waals surface area (Å²) in [5.74, 6) is -0.0135. The van der Waals surface area contributed by atoms with E-state index in [1.165, 1.54) is 6.33 Å². The van der Waals surface area contributed by atoms with Gasteiger partial charge < -0.3 is 5.32 Å². The second-order valence-electron chi connectivity index (χ2n) is 5.29. The molecule has 0 saturated heterocycles. The number of rotatable bonds is 5. The molecule has 0 atom stereocenters. The Morgan fingerprint density at radius 1 is 1.17 bits per heavy atom. The number of amides is 1. The fraction of sp³-hybridized carbons (Fsp3) is 0.176. The van der Waals surface area contributed by atoms with Crippen molar-refractivity contribution >= 4 is 11.6 Å². The summed E-state index contributed by atoms with van der Waals surface area (Å²) in [6.07, 6.45) is 2.69. The Bertz CT molecular complexity index is 784. The highest BCUT2D eigenvalue weighted by Gasteiger charge is 2.07. The highest BCUT2D eigenvalue weighted by Crippen LogP contribution is 2.18. The third kappa shape index (κ3) is 3.79. The molecule has 2 aromatic carbocycles. The number of nitrogens with zero attached hydrogens (tertiary/aromatic N) is 4. The highest BCUT2D eigenvalue weighted by molar-refractivity contribution is 5.91. The van der Waals surface area contributed by atoms with Gasteiger partial charge in [0.25, 0.3) is 0 Å². The molecular weight excluding hydrogens is 290 g/mol. The second kappa shape index (κ2) is 6.83. The maximum Gasteiger partial charge on any atom is 0.224 e. The normalized spacial score (nSPS) is 10.5. The largest absolute Gasteiger partial charge is 0.326 e. The predicted molar refractivity (Wildman–Crippen MR) is 87.3 cm³/mol. The van der Waals surface area contributed by atoms with E-state index >= 15 is 0 Å². The Balaban J connectivity index is 1.66. The Hall–Kier alpha value is -3.02. The van der Waals surface area contributed by atoms with Gasteiger partial charge in [0.05, 0.1) is 5.69 Å². The number of benzene rings is 2. The Morgan fingerprint density at radius 3 is 2.74 bits per heavy atom. The summed E-state index contributed by atoms with van der Waals surface area (Å²) in [7, 11) is 0. The minimum absolute atomic E-state index is 0.0135. The SMILES string of the molecule is Cc1ccc(NC(=O)CCc2ccccc2)cc1-n1cnnn1. The molecule has 23 heavy (non-hydrogen) atoms. The molecule has 0 saturated carbocycles. The van der Waals surface area contributed by atoms with Gasteiger partial charge in [-0.1, -0.05) is 36.4 Å². The quantitative estimate of drug-likeness (QED) is 0.786. The summed E-state index contributed by atoms with van der Waals surface area (Å²) in [5.41, 5.74) is 3.76. The lowest BCUT2D eigenvalue weighted by Crippen LogP contribution is -2.13. The van der Waals surface area contributed by atoms with Crippen LogP contribution in [-0.2, 0) is 11.2 Å². The van der Waals surface area contributed by atoms with E-state index in [9.17, 15) is 4.79 Å². The molecule has 0 spiro atoms. The van der Waals surface area contributed by atoms with Crippen molar-refractivity contribution in [3.63, 3.8) is 0 Å². The lowest BCUT2D eigenvalue weighted by Gasteiger charge is -2.09. The van der Waals surface area contributed by atoms with Crippen molar-refractivity contribution in [1.82, 2.24) is 20.2 Å². The van der Waals surface area contributed by atoms with E-state index in [0.717, 1.165) is 28.9 Å². The lowest BCUT2D eigenvalue weighted by molar-refractivity contribution is -0.116. The summed E-state index contributed by atoms with van der Waals surface area (Å²) >= 11 is 0. The van der Waals surface area contributed by atoms with Gasteiger partial charge in [-0.2, -0.15) is 0 Å². The molecular formula is C17H17N5O. The maximum atomic E-state index is 12.1. The van der Waals surface area contributed by atoms with Gasteiger partial charge in [-0.3, -0.25) is 4.79 Å². The zero-order valence-electron chi connectivity index (χ0n) is 12.8. The van der Waals surface area contributed by atoms with Crippen molar-refractivity contribution in [2.24, 2.45) is 0 Å². The Kier molecular flexibility index (Phi) is 4.42. The molecule has 1 heterocycles. The van der Waals surface area contributed by atoms with Crippen molar-refractivity contribution in [2.75, 3.05) is 5.32 Å². The number of hydrogen-bond donors (Lipinski definition) is 1. The van der Waals surface area contributed by atoms with E-state index < -0.39 is 0 Å². The number of aryl methyl sites for hydroxylation is 2. The van der Waals surface area contributed by atoms with E-state index in [4.69, 9.17) is 0 Å². The Labute approximate surface area is 134 Å². The minimum Gasteiger partial charge on any atom is -0.326 e. The summed E-state index contributed by atoms with van der Waals surface area (Å²) in [6, 6.07) is 15.6. The van der Waals surface area contributed by atoms with Crippen molar-refractivity contribution in [3.05, 3.63) is 66.0 Å². The molecule has 3 aromatic rings. The number of carbonyl (C=O) groups is 1. The first-order valence-electron chi connectivity index (χ1n) is 7.40. The van der Waals surface area contributed by atoms with E-state index in [0.29, 0.717) is 6.42 Å². The molecule has 0 aliphatic rings. The molecule has 0 unspecified atom stereocenters. The first kappa shape index (κ1) is 14.9. The molecule has 0 bridgehead atoms. The molecule has 1 aromatic heterocycles. The van der Waals surface area contributed by atoms with E-state index in [2.05, 4.69) is 20.8 Å². The van der Waals surface area contributed by atoms with Gasteiger partial charge in [0, 0.05) is 12.1 Å². The number of carbonyl (C=O) groups excluding carboxylic acids is 1. The molecule has 0 fully saturated rings. The van der Waals surface area contributed by atoms with Crippen molar-refractivity contribution in [2.45, 2.75) is 19.8 Å². The molecule has 6 heteroatoms. The smallest absolute Gasteiger partial charge is 0.224 e. The summed E-state index contributed by atoms with van der Waals surface area (Å²) < 4.78 is 1.58. The van der Waals surface area contributed by atoms with E-state index in [1.54, 1.807) is 4.68 Å². The van der Waals surface area contributed by atoms with Crippen LogP contribution in [0.25, 0.3) is 5.69 Å². The van der Waals surface area contributed by atoms with Gasteiger partial charge in [-0.25, -0.2) is 4.68 Å². The number of nitrogens with one attached hydrogen (secondary N) is 1. The van der Waals surface area contributed by atoms with Gasteiger partial charge in [-0.15, -0.1) is 5.10 Å². The molecule has 0 radical (unpaired) electrons. The van der Waals surface area contributed by atoms with Gasteiger partial charge in [-0.05, 0) is 47.0 Å². The molecule has 1 amide bonds. The Morgan fingerprint density at radius 2 is 2.00 bits per heavy atom. The van der Waals surface area contributed by atoms with Crippen LogP contribution in [-0.4, -0.2) is 26.1 Å². The summed E-state index contributed by atoms with van der Waals surface area (Å²) in [5, 5.41) is 14.1. The van der Waals surface area contributed by atoms with Crippen LogP contribution < -0.4 is 5.32 Å². The van der Waals surface area contributed by atoms with Crippen molar-refractivity contribution < 1.29 is 4.79 Å². The van der Waals surface area contributed by atoms with Crippen LogP contribution in [0, 0.1) is 6.92 Å². The molecule has 116 valence electrons. The van der Waals surface area contributed by atoms with E-state index in [1.807, 2.05) is 55.5 Å². The fourth-order valence-corrected chi connectivity index (χ4v) is 2.33. The molecule has 0 aliphatic carbocycles. The predicted octanol–water partition coefficient (Wildman–Crippen LogP) is 2.54. The first-order chi connectivity index (χ1) is 11.2. The average Bonchev–Trinajstić information content (AvgIpc) is 3.10. The topological polar surface area (TPSA) is 72.7 Å². The highest BCUT2D eigenvalue weighted by atomic mass is 16.1. The number of tetrazole rings is 1. The molecule has 1 N–H and O–H groups in total. The summed E-state index contributed by atoms with van der Waals surface area (Å²) in [6.45, 7) is 1.97. The van der Waals surface area contributed by atoms with Crippen LogP contribution in [0.3, 0.4) is 0 Å². The third-order valence-electron chi connectivity index (χ3n) is 3.57. The van der Waals surface area contributed by atoms with Crippen LogP contribution in [0.2, 0.25) is 0 Å². The number of anilines is 1. The van der Waals surface area contributed by atoms with Gasteiger partial charge in [0.15, 0.2) is 0 Å². The van der Waals surface area contributed by atoms with E-state index in [-0.39, 0.29) is 5.91 Å². The first-order valence-corrected chi connectivity index (χ1v) is 7.40. The van der Waals surface area contributed by atoms with Gasteiger partial charge in [0.1, 0.15) is 6.33 Å². The van der Waals surface area contributed by atoms with Crippen LogP contribution in [0.15, 0.2) is 54.9 Å². The van der Waals surface area contributed by atoms with Crippen LogP contribution in [0.4, 0.5) is 5.69 Å². The van der Waals surface area contributed by atoms with Crippen molar-refractivity contribution in [1.29, 1.82) is 0 Å². The fourth-order valence-electron chi connectivity index (χ4n) is 2.33. The third-order valence-corrected chi connectivity index (χ3v) is 3.57. The summed E-state index contributed by atoms with van der Waals surface area (Å²) in [4.78, 5) is 12.1. The zero-order valence-corrected chi connectivity index (χ0v) is 12.8. The molecule has 0 aliphatic heterocycles. The van der Waals surface area contributed by atoms with Crippen LogP contribution >= 0.6 is 0 Å². The number of aromatic nitrogens is 4. The minimum atomic E-state index is -0.0135. The second-order valence-corrected chi connectivity index (χ2v) is 5.29. The van der Waals surface area contributed by atoms with Crippen molar-refractivity contribution in [3.8, 4) is 5.69 Å². The van der Waals surface area contributed by atoms with Crippen LogP contribution in [0.1, 0.15) is 17.5 Å².